The molecule has 8 nitrogen and oxygen atoms in total. The molecule has 39 heavy (non-hydrogen) atoms. The summed E-state index contributed by atoms with van der Waals surface area (Å²) in [7, 11) is 0. The highest BCUT2D eigenvalue weighted by molar-refractivity contribution is 7.19. The predicted molar refractivity (Wildman–Crippen MR) is 153 cm³/mol. The molecule has 3 aromatic rings. The van der Waals surface area contributed by atoms with E-state index < -0.39 is 5.82 Å². The predicted octanol–water partition coefficient (Wildman–Crippen LogP) is 4.86. The van der Waals surface area contributed by atoms with Gasteiger partial charge in [-0.3, -0.25) is 14.5 Å². The average Bonchev–Trinajstić information content (AvgIpc) is 3.29. The zero-order chi connectivity index (χ0) is 27.7. The van der Waals surface area contributed by atoms with Crippen LogP contribution >= 0.6 is 22.9 Å². The highest BCUT2D eigenvalue weighted by Crippen LogP contribution is 2.38. The van der Waals surface area contributed by atoms with Crippen molar-refractivity contribution < 1.29 is 14.0 Å². The summed E-state index contributed by atoms with van der Waals surface area (Å²) < 4.78 is 13.6. The van der Waals surface area contributed by atoms with E-state index in [2.05, 4.69) is 20.2 Å². The van der Waals surface area contributed by atoms with Crippen molar-refractivity contribution in [2.75, 3.05) is 44.6 Å². The van der Waals surface area contributed by atoms with Gasteiger partial charge in [0.1, 0.15) is 22.8 Å². The van der Waals surface area contributed by atoms with Gasteiger partial charge in [0.05, 0.1) is 17.0 Å². The van der Waals surface area contributed by atoms with Gasteiger partial charge in [0.15, 0.2) is 0 Å². The molecule has 2 aliphatic rings. The Kier molecular flexibility index (Phi) is 7.89. The fourth-order valence-corrected chi connectivity index (χ4v) is 6.32. The van der Waals surface area contributed by atoms with Gasteiger partial charge in [-0.05, 0) is 30.2 Å². The lowest BCUT2D eigenvalue weighted by molar-refractivity contribution is -0.141. The minimum absolute atomic E-state index is 0.00922. The molecule has 0 aliphatic carbocycles. The fourth-order valence-electron chi connectivity index (χ4n) is 4.94. The highest BCUT2D eigenvalue weighted by atomic mass is 35.5. The Bertz CT molecular complexity index is 1430. The maximum Gasteiger partial charge on any atom is 0.246 e. The first-order chi connectivity index (χ1) is 18.6. The number of fused-ring (bicyclic) bond motifs is 3. The molecular weight excluding hydrogens is 539 g/mol. The lowest BCUT2D eigenvalue weighted by Gasteiger charge is -2.37. The summed E-state index contributed by atoms with van der Waals surface area (Å²) in [5.74, 6) is 0.346. The summed E-state index contributed by atoms with van der Waals surface area (Å²) in [6, 6.07) is 4.46. The molecule has 5 rings (SSSR count). The van der Waals surface area contributed by atoms with E-state index in [4.69, 9.17) is 11.6 Å². The van der Waals surface area contributed by atoms with Crippen LogP contribution in [-0.4, -0.2) is 75.8 Å². The van der Waals surface area contributed by atoms with Gasteiger partial charge in [0.2, 0.25) is 11.8 Å². The largest absolute Gasteiger partial charge is 0.340 e. The molecule has 0 saturated carbocycles. The van der Waals surface area contributed by atoms with Crippen LogP contribution in [0.25, 0.3) is 10.2 Å². The molecule has 11 heteroatoms. The lowest BCUT2D eigenvalue weighted by atomic mass is 9.94. The van der Waals surface area contributed by atoms with Gasteiger partial charge >= 0.3 is 0 Å². The Morgan fingerprint density at radius 1 is 1.13 bits per heavy atom. The molecule has 0 spiro atoms. The number of halogens is 2. The molecule has 2 aromatic heterocycles. The van der Waals surface area contributed by atoms with Gasteiger partial charge in [-0.1, -0.05) is 38.4 Å². The third-order valence-electron chi connectivity index (χ3n) is 7.06. The normalized spacial score (nSPS) is 16.6. The number of carbonyl (C=O) groups excluding carboxylic acids is 2. The van der Waals surface area contributed by atoms with Crippen LogP contribution in [0.2, 0.25) is 5.02 Å². The SMILES string of the molecule is CC(C)(C)C(=O)N1CCN(CC=CC(=O)N2CCc3c(sc4ncnc(Nc5ccc(F)c(Cl)c5)c34)C2)CC1. The average molecular weight is 571 g/mol. The van der Waals surface area contributed by atoms with Crippen molar-refractivity contribution in [3.8, 4) is 0 Å². The van der Waals surface area contributed by atoms with Crippen LogP contribution in [0.15, 0.2) is 36.7 Å². The molecular formula is C28H32ClFN6O2S. The first-order valence-electron chi connectivity index (χ1n) is 13.0. The van der Waals surface area contributed by atoms with Crippen LogP contribution in [0.5, 0.6) is 0 Å². The molecule has 0 unspecified atom stereocenters. The van der Waals surface area contributed by atoms with E-state index in [-0.39, 0.29) is 22.3 Å². The standard InChI is InChI=1S/C28H32ClFN6O2S/c1-28(2,3)27(38)35-13-11-34(12-14-35)9-4-5-23(37)36-10-8-19-22(16-36)39-26-24(19)25(31-17-32-26)33-18-6-7-21(30)20(29)15-18/h4-7,15,17H,8-14,16H2,1-3H3,(H,31,32,33). The van der Waals surface area contributed by atoms with E-state index >= 15 is 0 Å². The molecule has 0 bridgehead atoms. The van der Waals surface area contributed by atoms with Gasteiger partial charge < -0.3 is 15.1 Å². The molecule has 1 fully saturated rings. The fraction of sp³-hybridized carbons (Fsp3) is 0.429. The van der Waals surface area contributed by atoms with Crippen molar-refractivity contribution in [3.05, 3.63) is 58.0 Å². The Labute approximate surface area is 236 Å². The monoisotopic (exact) mass is 570 g/mol. The number of nitrogens with zero attached hydrogens (tertiary/aromatic N) is 5. The van der Waals surface area contributed by atoms with Crippen LogP contribution in [-0.2, 0) is 22.6 Å². The number of anilines is 2. The Morgan fingerprint density at radius 3 is 2.62 bits per heavy atom. The Balaban J connectivity index is 1.20. The molecule has 0 atom stereocenters. The zero-order valence-electron chi connectivity index (χ0n) is 22.3. The second-order valence-electron chi connectivity index (χ2n) is 10.9. The molecule has 1 N–H and O–H groups in total. The van der Waals surface area contributed by atoms with Gasteiger partial charge in [-0.25, -0.2) is 14.4 Å². The molecule has 1 aromatic carbocycles. The molecule has 206 valence electrons. The van der Waals surface area contributed by atoms with Crippen LogP contribution in [0, 0.1) is 11.2 Å². The smallest absolute Gasteiger partial charge is 0.246 e. The quantitative estimate of drug-likeness (QED) is 0.441. The first-order valence-corrected chi connectivity index (χ1v) is 14.2. The number of carbonyl (C=O) groups is 2. The van der Waals surface area contributed by atoms with E-state index in [1.54, 1.807) is 23.5 Å². The molecule has 1 saturated heterocycles. The lowest BCUT2D eigenvalue weighted by Crippen LogP contribution is -2.51. The number of aromatic nitrogens is 2. The summed E-state index contributed by atoms with van der Waals surface area (Å²) in [5, 5.41) is 4.22. The number of hydrogen-bond acceptors (Lipinski definition) is 7. The minimum atomic E-state index is -0.475. The summed E-state index contributed by atoms with van der Waals surface area (Å²) in [6.07, 6.45) is 5.79. The number of nitrogens with one attached hydrogen (secondary N) is 1. The molecule has 2 amide bonds. The number of hydrogen-bond donors (Lipinski definition) is 1. The summed E-state index contributed by atoms with van der Waals surface area (Å²) in [6.45, 7) is 10.7. The number of amides is 2. The van der Waals surface area contributed by atoms with E-state index in [0.29, 0.717) is 50.6 Å². The number of piperazine rings is 1. The summed E-state index contributed by atoms with van der Waals surface area (Å²) >= 11 is 7.51. The topological polar surface area (TPSA) is 81.7 Å². The molecule has 4 heterocycles. The summed E-state index contributed by atoms with van der Waals surface area (Å²) in [5.41, 5.74) is 1.42. The van der Waals surface area contributed by atoms with Gasteiger partial charge in [-0.2, -0.15) is 0 Å². The van der Waals surface area contributed by atoms with Crippen LogP contribution < -0.4 is 5.32 Å². The van der Waals surface area contributed by atoms with Crippen molar-refractivity contribution in [1.82, 2.24) is 24.7 Å². The van der Waals surface area contributed by atoms with E-state index in [1.807, 2.05) is 36.6 Å². The van der Waals surface area contributed by atoms with Crippen LogP contribution in [0.4, 0.5) is 15.9 Å². The van der Waals surface area contributed by atoms with Crippen LogP contribution in [0.3, 0.4) is 0 Å². The van der Waals surface area contributed by atoms with Crippen molar-refractivity contribution in [1.29, 1.82) is 0 Å². The Morgan fingerprint density at radius 2 is 1.90 bits per heavy atom. The van der Waals surface area contributed by atoms with Gasteiger partial charge in [-0.15, -0.1) is 11.3 Å². The maximum atomic E-state index is 13.6. The van der Waals surface area contributed by atoms with Crippen molar-refractivity contribution in [3.63, 3.8) is 0 Å². The van der Waals surface area contributed by atoms with E-state index in [1.165, 1.54) is 18.5 Å². The Hall–Kier alpha value is -3.08. The highest BCUT2D eigenvalue weighted by Gasteiger charge is 2.29. The number of benzene rings is 1. The maximum absolute atomic E-state index is 13.6. The first kappa shape index (κ1) is 27.5. The van der Waals surface area contributed by atoms with E-state index in [0.717, 1.165) is 33.7 Å². The zero-order valence-corrected chi connectivity index (χ0v) is 23.9. The second kappa shape index (κ2) is 11.2. The van der Waals surface area contributed by atoms with Crippen LogP contribution in [0.1, 0.15) is 31.2 Å². The number of thiophene rings is 1. The summed E-state index contributed by atoms with van der Waals surface area (Å²) in [4.78, 5) is 42.3. The minimum Gasteiger partial charge on any atom is -0.340 e. The van der Waals surface area contributed by atoms with Crippen molar-refractivity contribution in [2.45, 2.75) is 33.7 Å². The van der Waals surface area contributed by atoms with Crippen molar-refractivity contribution >= 4 is 56.5 Å². The third kappa shape index (κ3) is 6.08. The molecule has 2 aliphatic heterocycles. The van der Waals surface area contributed by atoms with Gasteiger partial charge in [0, 0.05) is 61.3 Å². The molecule has 0 radical (unpaired) electrons. The third-order valence-corrected chi connectivity index (χ3v) is 8.47. The van der Waals surface area contributed by atoms with E-state index in [9.17, 15) is 14.0 Å². The number of rotatable bonds is 5. The second-order valence-corrected chi connectivity index (χ2v) is 12.4. The van der Waals surface area contributed by atoms with Gasteiger partial charge in [0.25, 0.3) is 0 Å². The van der Waals surface area contributed by atoms with Crippen molar-refractivity contribution in [2.24, 2.45) is 5.41 Å².